The fourth-order valence-electron chi connectivity index (χ4n) is 3.59. The van der Waals surface area contributed by atoms with E-state index in [1.807, 2.05) is 54.0 Å². The minimum absolute atomic E-state index is 0.0191. The number of benzene rings is 2. The molecule has 1 atom stereocenters. The highest BCUT2D eigenvalue weighted by molar-refractivity contribution is 7.99. The lowest BCUT2D eigenvalue weighted by Gasteiger charge is -2.26. The predicted molar refractivity (Wildman–Crippen MR) is 108 cm³/mol. The molecule has 0 saturated heterocycles. The van der Waals surface area contributed by atoms with E-state index in [-0.39, 0.29) is 11.6 Å². The van der Waals surface area contributed by atoms with Crippen molar-refractivity contribution >= 4 is 22.8 Å². The lowest BCUT2D eigenvalue weighted by molar-refractivity contribution is 0.486. The van der Waals surface area contributed by atoms with E-state index >= 15 is 0 Å². The first-order chi connectivity index (χ1) is 13.2. The first kappa shape index (κ1) is 16.3. The second-order valence-electron chi connectivity index (χ2n) is 6.76. The third-order valence-corrected chi connectivity index (χ3v) is 5.98. The molecule has 1 aliphatic rings. The van der Waals surface area contributed by atoms with E-state index in [4.69, 9.17) is 4.98 Å². The van der Waals surface area contributed by atoms with Crippen molar-refractivity contribution < 1.29 is 0 Å². The highest BCUT2D eigenvalue weighted by atomic mass is 32.2. The molecule has 5 nitrogen and oxygen atoms in total. The molecule has 4 aromatic rings. The molecule has 1 aliphatic heterocycles. The molecule has 1 unspecified atom stereocenters. The number of rotatable bonds is 2. The van der Waals surface area contributed by atoms with Crippen molar-refractivity contribution in [2.75, 3.05) is 5.75 Å². The molecule has 0 radical (unpaired) electrons. The Morgan fingerprint density at radius 3 is 2.63 bits per heavy atom. The summed E-state index contributed by atoms with van der Waals surface area (Å²) >= 11 is 1.64. The van der Waals surface area contributed by atoms with E-state index in [0.29, 0.717) is 11.0 Å². The minimum Gasteiger partial charge on any atom is -0.279 e. The van der Waals surface area contributed by atoms with Gasteiger partial charge in [0.1, 0.15) is 5.39 Å². The normalized spacial score (nSPS) is 16.4. The first-order valence-electron chi connectivity index (χ1n) is 8.97. The topological polar surface area (TPSA) is 52.7 Å². The summed E-state index contributed by atoms with van der Waals surface area (Å²) in [6.07, 6.45) is 2.56. The average molecular weight is 374 g/mol. The molecule has 0 N–H and O–H groups in total. The van der Waals surface area contributed by atoms with Gasteiger partial charge in [0.25, 0.3) is 5.56 Å². The number of hydrogen-bond donors (Lipinski definition) is 0. The van der Waals surface area contributed by atoms with Gasteiger partial charge in [-0.15, -0.1) is 0 Å². The molecule has 2 aromatic carbocycles. The van der Waals surface area contributed by atoms with E-state index in [1.54, 1.807) is 22.6 Å². The standard InChI is InChI=1S/C21H18N4OS/c1-14-7-9-16(10-8-14)25-19-17(13-22-25)20(26)24-18(11-12-27-21(24)23-19)15-5-3-2-4-6-15/h2-10,13,18H,11-12H2,1H3. The summed E-state index contributed by atoms with van der Waals surface area (Å²) in [5, 5.41) is 5.78. The zero-order chi connectivity index (χ0) is 18.4. The van der Waals surface area contributed by atoms with Crippen LogP contribution in [0.2, 0.25) is 0 Å². The van der Waals surface area contributed by atoms with Gasteiger partial charge >= 0.3 is 0 Å². The van der Waals surface area contributed by atoms with Crippen LogP contribution in [0.3, 0.4) is 0 Å². The van der Waals surface area contributed by atoms with Crippen LogP contribution in [0.15, 0.2) is 70.7 Å². The van der Waals surface area contributed by atoms with Gasteiger partial charge < -0.3 is 0 Å². The number of hydrogen-bond acceptors (Lipinski definition) is 4. The van der Waals surface area contributed by atoms with Crippen molar-refractivity contribution in [3.05, 3.63) is 82.3 Å². The highest BCUT2D eigenvalue weighted by Gasteiger charge is 2.26. The van der Waals surface area contributed by atoms with Crippen LogP contribution in [0.5, 0.6) is 0 Å². The molecular formula is C21H18N4OS. The van der Waals surface area contributed by atoms with Crippen LogP contribution in [0.4, 0.5) is 0 Å². The molecule has 0 amide bonds. The van der Waals surface area contributed by atoms with Crippen molar-refractivity contribution in [2.45, 2.75) is 24.5 Å². The zero-order valence-corrected chi connectivity index (χ0v) is 15.7. The molecular weight excluding hydrogens is 356 g/mol. The van der Waals surface area contributed by atoms with Crippen LogP contribution in [0, 0.1) is 6.92 Å². The van der Waals surface area contributed by atoms with E-state index < -0.39 is 0 Å². The smallest absolute Gasteiger partial charge is 0.265 e. The van der Waals surface area contributed by atoms with Gasteiger partial charge in [0.2, 0.25) is 0 Å². The van der Waals surface area contributed by atoms with Crippen LogP contribution in [0.1, 0.15) is 23.6 Å². The summed E-state index contributed by atoms with van der Waals surface area (Å²) in [4.78, 5) is 18.1. The molecule has 5 rings (SSSR count). The Labute approximate surface area is 160 Å². The quantitative estimate of drug-likeness (QED) is 0.498. The van der Waals surface area contributed by atoms with Gasteiger partial charge in [-0.05, 0) is 31.0 Å². The summed E-state index contributed by atoms with van der Waals surface area (Å²) in [6, 6.07) is 18.3. The number of aryl methyl sites for hydroxylation is 1. The van der Waals surface area contributed by atoms with E-state index in [9.17, 15) is 4.79 Å². The molecule has 6 heteroatoms. The van der Waals surface area contributed by atoms with Gasteiger partial charge in [-0.1, -0.05) is 59.8 Å². The highest BCUT2D eigenvalue weighted by Crippen LogP contribution is 2.33. The monoisotopic (exact) mass is 374 g/mol. The van der Waals surface area contributed by atoms with Crippen LogP contribution < -0.4 is 5.56 Å². The van der Waals surface area contributed by atoms with Gasteiger partial charge in [0.15, 0.2) is 10.8 Å². The van der Waals surface area contributed by atoms with E-state index in [0.717, 1.165) is 28.6 Å². The summed E-state index contributed by atoms with van der Waals surface area (Å²) in [5.74, 6) is 0.941. The third-order valence-electron chi connectivity index (χ3n) is 5.00. The van der Waals surface area contributed by atoms with E-state index in [2.05, 4.69) is 17.2 Å². The van der Waals surface area contributed by atoms with Gasteiger partial charge in [0, 0.05) is 5.75 Å². The fourth-order valence-corrected chi connectivity index (χ4v) is 4.62. The Hall–Kier alpha value is -2.86. The maximum Gasteiger partial charge on any atom is 0.265 e. The molecule has 0 spiro atoms. The molecule has 0 bridgehead atoms. The van der Waals surface area contributed by atoms with Crippen LogP contribution in [0.25, 0.3) is 16.7 Å². The minimum atomic E-state index is -0.0191. The first-order valence-corrected chi connectivity index (χ1v) is 9.96. The molecule has 134 valence electrons. The molecule has 3 heterocycles. The molecule has 0 aliphatic carbocycles. The van der Waals surface area contributed by atoms with Crippen LogP contribution in [-0.2, 0) is 0 Å². The largest absolute Gasteiger partial charge is 0.279 e. The maximum absolute atomic E-state index is 13.3. The van der Waals surface area contributed by atoms with Crippen LogP contribution >= 0.6 is 11.8 Å². The molecule has 0 saturated carbocycles. The third kappa shape index (κ3) is 2.68. The van der Waals surface area contributed by atoms with Crippen molar-refractivity contribution in [2.24, 2.45) is 0 Å². The number of thioether (sulfide) groups is 1. The Kier molecular flexibility index (Phi) is 3.86. The Morgan fingerprint density at radius 1 is 1.07 bits per heavy atom. The van der Waals surface area contributed by atoms with Crippen LogP contribution in [-0.4, -0.2) is 25.1 Å². The molecule has 0 fully saturated rings. The second kappa shape index (κ2) is 6.39. The van der Waals surface area contributed by atoms with Gasteiger partial charge in [-0.3, -0.25) is 9.36 Å². The number of aromatic nitrogens is 4. The Bertz CT molecular complexity index is 1180. The summed E-state index contributed by atoms with van der Waals surface area (Å²) in [5.41, 5.74) is 3.84. The maximum atomic E-state index is 13.3. The average Bonchev–Trinajstić information content (AvgIpc) is 3.13. The van der Waals surface area contributed by atoms with Crippen molar-refractivity contribution in [3.8, 4) is 5.69 Å². The van der Waals surface area contributed by atoms with E-state index in [1.165, 1.54) is 5.56 Å². The molecule has 27 heavy (non-hydrogen) atoms. The van der Waals surface area contributed by atoms with Gasteiger partial charge in [-0.2, -0.15) is 5.10 Å². The van der Waals surface area contributed by atoms with Crippen molar-refractivity contribution in [1.82, 2.24) is 19.3 Å². The number of nitrogens with zero attached hydrogens (tertiary/aromatic N) is 4. The van der Waals surface area contributed by atoms with Gasteiger partial charge in [-0.25, -0.2) is 9.67 Å². The van der Waals surface area contributed by atoms with Crippen molar-refractivity contribution in [1.29, 1.82) is 0 Å². The summed E-state index contributed by atoms with van der Waals surface area (Å²) < 4.78 is 3.59. The summed E-state index contributed by atoms with van der Waals surface area (Å²) in [6.45, 7) is 2.05. The van der Waals surface area contributed by atoms with Gasteiger partial charge in [0.05, 0.1) is 17.9 Å². The lowest BCUT2D eigenvalue weighted by atomic mass is 10.0. The zero-order valence-electron chi connectivity index (χ0n) is 14.9. The second-order valence-corrected chi connectivity index (χ2v) is 7.82. The Balaban J connectivity index is 1.71. The lowest BCUT2D eigenvalue weighted by Crippen LogP contribution is -2.31. The Morgan fingerprint density at radius 2 is 1.85 bits per heavy atom. The van der Waals surface area contributed by atoms with Crippen molar-refractivity contribution in [3.63, 3.8) is 0 Å². The summed E-state index contributed by atoms with van der Waals surface area (Å²) in [7, 11) is 0. The molecule has 2 aromatic heterocycles. The predicted octanol–water partition coefficient (Wildman–Crippen LogP) is 3.98. The fraction of sp³-hybridized carbons (Fsp3) is 0.190. The number of fused-ring (bicyclic) bond motifs is 2. The SMILES string of the molecule is Cc1ccc(-n2ncc3c(=O)n4c(nc32)SCCC4c2ccccc2)cc1.